The van der Waals surface area contributed by atoms with E-state index in [1.807, 2.05) is 0 Å². The van der Waals surface area contributed by atoms with Crippen molar-refractivity contribution in [3.63, 3.8) is 0 Å². The van der Waals surface area contributed by atoms with Crippen LogP contribution in [0.15, 0.2) is 162 Å². The first-order chi connectivity index (χ1) is 24.7. The Bertz CT molecular complexity index is 2470. The molecule has 1 aliphatic carbocycles. The topological polar surface area (TPSA) is 16.4 Å². The van der Waals surface area contributed by atoms with Crippen molar-refractivity contribution in [2.45, 2.75) is 45.4 Å². The summed E-state index contributed by atoms with van der Waals surface area (Å²) in [5, 5.41) is 2.37. The van der Waals surface area contributed by atoms with E-state index in [1.54, 1.807) is 0 Å². The van der Waals surface area contributed by atoms with Crippen molar-refractivity contribution in [1.82, 2.24) is 0 Å². The Balaban J connectivity index is 1.22. The summed E-state index contributed by atoms with van der Waals surface area (Å²) in [5.74, 6) is 0. The SMILES string of the molecule is CC(C)(C)c1ccc2oc3c4c(ccc3c2c1)-c1cccc(N(c2ccc(-c3ccccc3)cc2)c2ccc(-c3ccccc3)cc2)c1C4(C)C. The largest absolute Gasteiger partial charge is 0.456 e. The van der Waals surface area contributed by atoms with Crippen LogP contribution in [-0.4, -0.2) is 0 Å². The molecule has 0 fully saturated rings. The van der Waals surface area contributed by atoms with Gasteiger partial charge in [-0.15, -0.1) is 0 Å². The summed E-state index contributed by atoms with van der Waals surface area (Å²) < 4.78 is 6.80. The molecule has 0 aliphatic heterocycles. The Morgan fingerprint density at radius 3 is 1.61 bits per heavy atom. The molecule has 9 rings (SSSR count). The van der Waals surface area contributed by atoms with Crippen LogP contribution in [-0.2, 0) is 10.8 Å². The molecule has 0 saturated carbocycles. The minimum Gasteiger partial charge on any atom is -0.456 e. The van der Waals surface area contributed by atoms with Gasteiger partial charge in [0.15, 0.2) is 0 Å². The molecular formula is C49H41NO. The van der Waals surface area contributed by atoms with Crippen LogP contribution in [0.4, 0.5) is 17.1 Å². The molecule has 7 aromatic carbocycles. The second kappa shape index (κ2) is 11.6. The van der Waals surface area contributed by atoms with Gasteiger partial charge >= 0.3 is 0 Å². The maximum Gasteiger partial charge on any atom is 0.140 e. The van der Waals surface area contributed by atoms with Crippen molar-refractivity contribution in [2.24, 2.45) is 0 Å². The van der Waals surface area contributed by atoms with Gasteiger partial charge in [-0.05, 0) is 98.5 Å². The second-order valence-electron chi connectivity index (χ2n) is 15.4. The zero-order valence-electron chi connectivity index (χ0n) is 29.9. The van der Waals surface area contributed by atoms with Crippen LogP contribution in [0.2, 0.25) is 0 Å². The summed E-state index contributed by atoms with van der Waals surface area (Å²) >= 11 is 0. The van der Waals surface area contributed by atoms with E-state index in [9.17, 15) is 0 Å². The molecule has 0 unspecified atom stereocenters. The van der Waals surface area contributed by atoms with Gasteiger partial charge in [-0.1, -0.05) is 144 Å². The predicted molar refractivity (Wildman–Crippen MR) is 216 cm³/mol. The van der Waals surface area contributed by atoms with Crippen LogP contribution >= 0.6 is 0 Å². The number of fused-ring (bicyclic) bond motifs is 7. The lowest BCUT2D eigenvalue weighted by molar-refractivity contribution is 0.590. The summed E-state index contributed by atoms with van der Waals surface area (Å²) in [4.78, 5) is 2.43. The lowest BCUT2D eigenvalue weighted by atomic mass is 9.80. The Labute approximate surface area is 300 Å². The van der Waals surface area contributed by atoms with E-state index >= 15 is 0 Å². The number of furan rings is 1. The van der Waals surface area contributed by atoms with Crippen LogP contribution in [0.3, 0.4) is 0 Å². The fourth-order valence-corrected chi connectivity index (χ4v) is 8.18. The molecule has 0 N–H and O–H groups in total. The quantitative estimate of drug-likeness (QED) is 0.183. The highest BCUT2D eigenvalue weighted by Crippen LogP contribution is 2.57. The number of nitrogens with zero attached hydrogens (tertiary/aromatic N) is 1. The van der Waals surface area contributed by atoms with Crippen LogP contribution in [0.5, 0.6) is 0 Å². The molecule has 0 spiro atoms. The van der Waals surface area contributed by atoms with E-state index in [4.69, 9.17) is 4.42 Å². The van der Waals surface area contributed by atoms with E-state index in [-0.39, 0.29) is 10.8 Å². The Morgan fingerprint density at radius 1 is 0.490 bits per heavy atom. The fraction of sp³-hybridized carbons (Fsp3) is 0.143. The lowest BCUT2D eigenvalue weighted by Crippen LogP contribution is -2.20. The summed E-state index contributed by atoms with van der Waals surface area (Å²) in [5.41, 5.74) is 16.3. The molecule has 0 radical (unpaired) electrons. The standard InChI is InChI=1S/C49H41NO/c1-48(2,3)36-23-30-44-42(31-36)41-29-28-40-39-17-12-18-43(45(39)49(4,5)46(40)47(41)51-44)50(37-24-19-34(20-25-37)32-13-8-6-9-14-32)38-26-21-35(22-27-38)33-15-10-7-11-16-33/h6-31H,1-5H3. The third-order valence-corrected chi connectivity index (χ3v) is 10.8. The molecule has 1 aliphatic rings. The van der Waals surface area contributed by atoms with Crippen molar-refractivity contribution in [3.05, 3.63) is 174 Å². The molecule has 51 heavy (non-hydrogen) atoms. The van der Waals surface area contributed by atoms with Crippen molar-refractivity contribution in [3.8, 4) is 33.4 Å². The summed E-state index contributed by atoms with van der Waals surface area (Å²) in [6.45, 7) is 11.5. The van der Waals surface area contributed by atoms with E-state index in [0.29, 0.717) is 0 Å². The van der Waals surface area contributed by atoms with E-state index < -0.39 is 0 Å². The molecule has 1 heterocycles. The predicted octanol–water partition coefficient (Wildman–Crippen LogP) is 14.0. The maximum absolute atomic E-state index is 6.80. The second-order valence-corrected chi connectivity index (χ2v) is 15.4. The van der Waals surface area contributed by atoms with Gasteiger partial charge in [-0.25, -0.2) is 0 Å². The van der Waals surface area contributed by atoms with E-state index in [0.717, 1.165) is 22.5 Å². The highest BCUT2D eigenvalue weighted by atomic mass is 16.3. The molecule has 0 atom stereocenters. The van der Waals surface area contributed by atoms with E-state index in [1.165, 1.54) is 66.5 Å². The fourth-order valence-electron chi connectivity index (χ4n) is 8.18. The van der Waals surface area contributed by atoms with E-state index in [2.05, 4.69) is 197 Å². The van der Waals surface area contributed by atoms with Gasteiger partial charge in [0.2, 0.25) is 0 Å². The van der Waals surface area contributed by atoms with Gasteiger partial charge in [-0.2, -0.15) is 0 Å². The minimum atomic E-state index is -0.326. The smallest absolute Gasteiger partial charge is 0.140 e. The van der Waals surface area contributed by atoms with Crippen molar-refractivity contribution < 1.29 is 4.42 Å². The number of rotatable bonds is 5. The zero-order chi connectivity index (χ0) is 34.9. The first kappa shape index (κ1) is 31.1. The number of hydrogen-bond acceptors (Lipinski definition) is 2. The lowest BCUT2D eigenvalue weighted by Gasteiger charge is -2.32. The third kappa shape index (κ3) is 5.09. The zero-order valence-corrected chi connectivity index (χ0v) is 29.9. The highest BCUT2D eigenvalue weighted by Gasteiger charge is 2.41. The summed E-state index contributed by atoms with van der Waals surface area (Å²) in [7, 11) is 0. The Hall–Kier alpha value is -5.86. The Kier molecular flexibility index (Phi) is 7.09. The molecular weight excluding hydrogens is 619 g/mol. The molecule has 2 nitrogen and oxygen atoms in total. The molecule has 248 valence electrons. The number of hydrogen-bond donors (Lipinski definition) is 0. The summed E-state index contributed by atoms with van der Waals surface area (Å²) in [6.07, 6.45) is 0. The van der Waals surface area contributed by atoms with Crippen LogP contribution in [0.1, 0.15) is 51.3 Å². The maximum atomic E-state index is 6.80. The number of benzene rings is 7. The molecule has 8 aromatic rings. The van der Waals surface area contributed by atoms with Gasteiger partial charge in [-0.3, -0.25) is 0 Å². The minimum absolute atomic E-state index is 0.0565. The monoisotopic (exact) mass is 659 g/mol. The van der Waals surface area contributed by atoms with Gasteiger partial charge in [0.1, 0.15) is 11.2 Å². The normalized spacial score (nSPS) is 13.4. The number of anilines is 3. The average molecular weight is 660 g/mol. The van der Waals surface area contributed by atoms with Gasteiger partial charge in [0, 0.05) is 33.1 Å². The van der Waals surface area contributed by atoms with Gasteiger partial charge in [0.25, 0.3) is 0 Å². The van der Waals surface area contributed by atoms with Crippen molar-refractivity contribution >= 4 is 39.0 Å². The van der Waals surface area contributed by atoms with Crippen molar-refractivity contribution in [2.75, 3.05) is 4.90 Å². The van der Waals surface area contributed by atoms with Gasteiger partial charge < -0.3 is 9.32 Å². The van der Waals surface area contributed by atoms with Crippen LogP contribution in [0, 0.1) is 0 Å². The van der Waals surface area contributed by atoms with Crippen LogP contribution < -0.4 is 4.90 Å². The molecule has 0 saturated heterocycles. The van der Waals surface area contributed by atoms with Crippen molar-refractivity contribution in [1.29, 1.82) is 0 Å². The highest BCUT2D eigenvalue weighted by molar-refractivity contribution is 6.10. The summed E-state index contributed by atoms with van der Waals surface area (Å²) in [6, 6.07) is 57.2. The average Bonchev–Trinajstić information content (AvgIpc) is 3.64. The first-order valence-electron chi connectivity index (χ1n) is 17.9. The molecule has 0 amide bonds. The van der Waals surface area contributed by atoms with Crippen LogP contribution in [0.25, 0.3) is 55.3 Å². The molecule has 0 bridgehead atoms. The third-order valence-electron chi connectivity index (χ3n) is 10.8. The Morgan fingerprint density at radius 2 is 1.04 bits per heavy atom. The van der Waals surface area contributed by atoms with Gasteiger partial charge in [0.05, 0.1) is 5.69 Å². The molecule has 2 heteroatoms. The molecule has 1 aromatic heterocycles. The first-order valence-corrected chi connectivity index (χ1v) is 17.9.